The molecule has 0 aliphatic rings. The number of anilines is 1. The van der Waals surface area contributed by atoms with E-state index in [4.69, 9.17) is 4.74 Å². The fraction of sp³-hybridized carbons (Fsp3) is 0.154. The van der Waals surface area contributed by atoms with Crippen LogP contribution in [0.3, 0.4) is 0 Å². The van der Waals surface area contributed by atoms with E-state index < -0.39 is 10.0 Å². The molecule has 0 spiro atoms. The zero-order chi connectivity index (χ0) is 13.9. The lowest BCUT2D eigenvalue weighted by Gasteiger charge is -2.13. The summed E-state index contributed by atoms with van der Waals surface area (Å²) in [6.45, 7) is 1.78. The molecule has 0 unspecified atom stereocenters. The standard InChI is InChI=1S/C13H14N2O3S/c1-10-8-9-14-13(18-2)12(10)15-19(16,17)11-6-4-3-5-7-11/h3-9,15H,1-2H3. The topological polar surface area (TPSA) is 68.3 Å². The Labute approximate surface area is 112 Å². The van der Waals surface area contributed by atoms with Crippen molar-refractivity contribution in [3.05, 3.63) is 48.2 Å². The number of aromatic nitrogens is 1. The summed E-state index contributed by atoms with van der Waals surface area (Å²) in [6, 6.07) is 9.87. The van der Waals surface area contributed by atoms with Crippen LogP contribution in [0.1, 0.15) is 5.56 Å². The second kappa shape index (κ2) is 5.27. The molecule has 1 heterocycles. The number of sulfonamides is 1. The van der Waals surface area contributed by atoms with Crippen LogP contribution in [-0.4, -0.2) is 20.5 Å². The summed E-state index contributed by atoms with van der Waals surface area (Å²) in [5.74, 6) is 0.250. The number of pyridine rings is 1. The van der Waals surface area contributed by atoms with E-state index in [2.05, 4.69) is 9.71 Å². The number of nitrogens with zero attached hydrogens (tertiary/aromatic N) is 1. The molecule has 0 bridgehead atoms. The van der Waals surface area contributed by atoms with Crippen LogP contribution in [0.15, 0.2) is 47.5 Å². The van der Waals surface area contributed by atoms with Crippen molar-refractivity contribution in [2.45, 2.75) is 11.8 Å². The summed E-state index contributed by atoms with van der Waals surface area (Å²) < 4.78 is 32.0. The molecule has 0 amide bonds. The fourth-order valence-corrected chi connectivity index (χ4v) is 2.76. The van der Waals surface area contributed by atoms with E-state index in [1.807, 2.05) is 0 Å². The second-order valence-electron chi connectivity index (χ2n) is 3.93. The first-order valence-electron chi connectivity index (χ1n) is 5.62. The van der Waals surface area contributed by atoms with Crippen LogP contribution < -0.4 is 9.46 Å². The van der Waals surface area contributed by atoms with Crippen molar-refractivity contribution < 1.29 is 13.2 Å². The van der Waals surface area contributed by atoms with Crippen LogP contribution in [0.4, 0.5) is 5.69 Å². The number of aryl methyl sites for hydroxylation is 1. The minimum absolute atomic E-state index is 0.195. The quantitative estimate of drug-likeness (QED) is 0.931. The Morgan fingerprint density at radius 1 is 1.16 bits per heavy atom. The Balaban J connectivity index is 2.42. The number of methoxy groups -OCH3 is 1. The molecule has 19 heavy (non-hydrogen) atoms. The second-order valence-corrected chi connectivity index (χ2v) is 5.61. The van der Waals surface area contributed by atoms with Crippen molar-refractivity contribution in [1.29, 1.82) is 0 Å². The first-order chi connectivity index (χ1) is 9.04. The summed E-state index contributed by atoms with van der Waals surface area (Å²) in [7, 11) is -2.19. The van der Waals surface area contributed by atoms with Crippen LogP contribution >= 0.6 is 0 Å². The molecule has 0 saturated carbocycles. The molecule has 0 fully saturated rings. The minimum atomic E-state index is -3.64. The Morgan fingerprint density at radius 2 is 1.84 bits per heavy atom. The maximum atomic E-state index is 12.2. The van der Waals surface area contributed by atoms with Crippen LogP contribution in [0.5, 0.6) is 5.88 Å². The maximum absolute atomic E-state index is 12.2. The SMILES string of the molecule is COc1nccc(C)c1NS(=O)(=O)c1ccccc1. The maximum Gasteiger partial charge on any atom is 0.262 e. The van der Waals surface area contributed by atoms with Gasteiger partial charge in [0.05, 0.1) is 12.0 Å². The molecule has 0 radical (unpaired) electrons. The number of nitrogens with one attached hydrogen (secondary N) is 1. The highest BCUT2D eigenvalue weighted by Crippen LogP contribution is 2.27. The van der Waals surface area contributed by atoms with Crippen LogP contribution in [-0.2, 0) is 10.0 Å². The van der Waals surface area contributed by atoms with Gasteiger partial charge in [0.15, 0.2) is 0 Å². The van der Waals surface area contributed by atoms with Gasteiger partial charge < -0.3 is 4.74 Å². The Bertz CT molecular complexity index is 670. The van der Waals surface area contributed by atoms with Gasteiger partial charge in [0.2, 0.25) is 5.88 Å². The molecule has 100 valence electrons. The van der Waals surface area contributed by atoms with E-state index in [1.165, 1.54) is 19.2 Å². The van der Waals surface area contributed by atoms with Gasteiger partial charge in [-0.2, -0.15) is 0 Å². The van der Waals surface area contributed by atoms with E-state index in [0.29, 0.717) is 5.69 Å². The molecule has 0 saturated heterocycles. The molecule has 0 atom stereocenters. The van der Waals surface area contributed by atoms with E-state index >= 15 is 0 Å². The van der Waals surface area contributed by atoms with Gasteiger partial charge in [0.1, 0.15) is 5.69 Å². The van der Waals surface area contributed by atoms with Gasteiger partial charge in [-0.1, -0.05) is 18.2 Å². The lowest BCUT2D eigenvalue weighted by molar-refractivity contribution is 0.400. The zero-order valence-corrected chi connectivity index (χ0v) is 11.4. The van der Waals surface area contributed by atoms with Crippen molar-refractivity contribution in [3.8, 4) is 5.88 Å². The highest BCUT2D eigenvalue weighted by molar-refractivity contribution is 7.92. The minimum Gasteiger partial charge on any atom is -0.479 e. The van der Waals surface area contributed by atoms with Gasteiger partial charge in [0, 0.05) is 6.20 Å². The molecule has 5 nitrogen and oxygen atoms in total. The number of benzene rings is 1. The predicted molar refractivity (Wildman–Crippen MR) is 72.8 cm³/mol. The van der Waals surface area contributed by atoms with E-state index in [-0.39, 0.29) is 10.8 Å². The third-order valence-corrected chi connectivity index (χ3v) is 3.97. The van der Waals surface area contributed by atoms with Crippen molar-refractivity contribution in [2.75, 3.05) is 11.8 Å². The summed E-state index contributed by atoms with van der Waals surface area (Å²) in [6.07, 6.45) is 1.56. The third kappa shape index (κ3) is 2.85. The van der Waals surface area contributed by atoms with Crippen molar-refractivity contribution in [2.24, 2.45) is 0 Å². The van der Waals surface area contributed by atoms with Crippen molar-refractivity contribution >= 4 is 15.7 Å². The largest absolute Gasteiger partial charge is 0.479 e. The highest BCUT2D eigenvalue weighted by atomic mass is 32.2. The number of hydrogen-bond acceptors (Lipinski definition) is 4. The molecular weight excluding hydrogens is 264 g/mol. The lowest BCUT2D eigenvalue weighted by Crippen LogP contribution is -2.14. The van der Waals surface area contributed by atoms with Crippen LogP contribution in [0, 0.1) is 6.92 Å². The smallest absolute Gasteiger partial charge is 0.262 e. The predicted octanol–water partition coefficient (Wildman–Crippen LogP) is 2.20. The zero-order valence-electron chi connectivity index (χ0n) is 10.6. The van der Waals surface area contributed by atoms with Gasteiger partial charge in [-0.05, 0) is 30.7 Å². The summed E-state index contributed by atoms with van der Waals surface area (Å²) >= 11 is 0. The molecular formula is C13H14N2O3S. The Kier molecular flexibility index (Phi) is 3.71. The normalized spacial score (nSPS) is 11.1. The molecule has 2 rings (SSSR count). The molecule has 1 aromatic heterocycles. The molecule has 0 aliphatic heterocycles. The van der Waals surface area contributed by atoms with Gasteiger partial charge in [-0.3, -0.25) is 4.72 Å². The number of hydrogen-bond donors (Lipinski definition) is 1. The van der Waals surface area contributed by atoms with E-state index in [0.717, 1.165) is 5.56 Å². The van der Waals surface area contributed by atoms with E-state index in [1.54, 1.807) is 37.4 Å². The summed E-state index contributed by atoms with van der Waals surface area (Å²) in [5.41, 5.74) is 1.10. The summed E-state index contributed by atoms with van der Waals surface area (Å²) in [4.78, 5) is 4.18. The molecule has 1 aromatic carbocycles. The number of rotatable bonds is 4. The van der Waals surface area contributed by atoms with Crippen molar-refractivity contribution in [3.63, 3.8) is 0 Å². The molecule has 0 aliphatic carbocycles. The summed E-state index contributed by atoms with van der Waals surface area (Å²) in [5, 5.41) is 0. The highest BCUT2D eigenvalue weighted by Gasteiger charge is 2.18. The Morgan fingerprint density at radius 3 is 2.47 bits per heavy atom. The van der Waals surface area contributed by atoms with Crippen LogP contribution in [0.2, 0.25) is 0 Å². The first kappa shape index (κ1) is 13.4. The molecule has 6 heteroatoms. The van der Waals surface area contributed by atoms with Crippen molar-refractivity contribution in [1.82, 2.24) is 4.98 Å². The van der Waals surface area contributed by atoms with E-state index in [9.17, 15) is 8.42 Å². The average molecular weight is 278 g/mol. The van der Waals surface area contributed by atoms with Gasteiger partial charge in [0.25, 0.3) is 10.0 Å². The molecule has 1 N–H and O–H groups in total. The van der Waals surface area contributed by atoms with Gasteiger partial charge in [-0.15, -0.1) is 0 Å². The lowest BCUT2D eigenvalue weighted by atomic mass is 10.2. The third-order valence-electron chi connectivity index (χ3n) is 2.61. The fourth-order valence-electron chi connectivity index (χ4n) is 1.61. The monoisotopic (exact) mass is 278 g/mol. The van der Waals surface area contributed by atoms with Gasteiger partial charge >= 0.3 is 0 Å². The number of ether oxygens (including phenoxy) is 1. The molecule has 2 aromatic rings. The first-order valence-corrected chi connectivity index (χ1v) is 7.10. The van der Waals surface area contributed by atoms with Gasteiger partial charge in [-0.25, -0.2) is 13.4 Å². The average Bonchev–Trinajstić information content (AvgIpc) is 2.42. The van der Waals surface area contributed by atoms with Crippen LogP contribution in [0.25, 0.3) is 0 Å². The Hall–Kier alpha value is -2.08.